The van der Waals surface area contributed by atoms with Crippen LogP contribution in [0.1, 0.15) is 66.2 Å². The van der Waals surface area contributed by atoms with E-state index < -0.39 is 0 Å². The third-order valence-electron chi connectivity index (χ3n) is 4.86. The smallest absolute Gasteiger partial charge is 0.0789 e. The number of ether oxygens (including phenoxy) is 1. The van der Waals surface area contributed by atoms with E-state index in [9.17, 15) is 0 Å². The van der Waals surface area contributed by atoms with Gasteiger partial charge in [-0.3, -0.25) is 4.90 Å². The summed E-state index contributed by atoms with van der Waals surface area (Å²) >= 11 is 0. The van der Waals surface area contributed by atoms with Crippen LogP contribution in [0.2, 0.25) is 0 Å². The number of rotatable bonds is 4. The molecule has 0 aromatic carbocycles. The van der Waals surface area contributed by atoms with Gasteiger partial charge in [-0.2, -0.15) is 0 Å². The van der Waals surface area contributed by atoms with Gasteiger partial charge in [0.05, 0.1) is 11.2 Å². The summed E-state index contributed by atoms with van der Waals surface area (Å²) in [6, 6.07) is 1.23. The Hall–Kier alpha value is -0.120. The minimum atomic E-state index is -0.0594. The van der Waals surface area contributed by atoms with E-state index in [4.69, 9.17) is 10.5 Å². The summed E-state index contributed by atoms with van der Waals surface area (Å²) in [5, 5.41) is 0. The van der Waals surface area contributed by atoms with Gasteiger partial charge in [-0.1, -0.05) is 19.3 Å². The van der Waals surface area contributed by atoms with Crippen molar-refractivity contribution in [3.05, 3.63) is 0 Å². The van der Waals surface area contributed by atoms with E-state index in [1.807, 2.05) is 0 Å². The molecule has 2 N–H and O–H groups in total. The zero-order chi connectivity index (χ0) is 14.1. The van der Waals surface area contributed by atoms with Crippen LogP contribution in [0.5, 0.6) is 0 Å². The fraction of sp³-hybridized carbons (Fsp3) is 1.00. The van der Waals surface area contributed by atoms with Gasteiger partial charge in [0.1, 0.15) is 0 Å². The first kappa shape index (κ1) is 15.3. The monoisotopic (exact) mass is 268 g/mol. The Bertz CT molecular complexity index is 295. The van der Waals surface area contributed by atoms with Crippen LogP contribution >= 0.6 is 0 Å². The SMILES string of the molecule is CC1(C)CC(N(CCN)C2CCCCC2)C(C)(C)O1. The Balaban J connectivity index is 2.13. The molecule has 0 radical (unpaired) electrons. The summed E-state index contributed by atoms with van der Waals surface area (Å²) in [5.74, 6) is 0. The van der Waals surface area contributed by atoms with Crippen LogP contribution in [0.3, 0.4) is 0 Å². The van der Waals surface area contributed by atoms with Gasteiger partial charge in [0.2, 0.25) is 0 Å². The first-order valence-electron chi connectivity index (χ1n) is 8.02. The highest BCUT2D eigenvalue weighted by Gasteiger charge is 2.49. The minimum Gasteiger partial charge on any atom is -0.368 e. The molecule has 0 spiro atoms. The van der Waals surface area contributed by atoms with E-state index in [0.717, 1.165) is 25.6 Å². The first-order chi connectivity index (χ1) is 8.86. The summed E-state index contributed by atoms with van der Waals surface area (Å²) in [5.41, 5.74) is 5.81. The quantitative estimate of drug-likeness (QED) is 0.852. The van der Waals surface area contributed by atoms with Crippen molar-refractivity contribution in [2.24, 2.45) is 5.73 Å². The largest absolute Gasteiger partial charge is 0.368 e. The maximum Gasteiger partial charge on any atom is 0.0789 e. The molecule has 1 heterocycles. The zero-order valence-corrected chi connectivity index (χ0v) is 13.2. The molecular formula is C16H32N2O. The molecule has 0 amide bonds. The standard InChI is InChI=1S/C16H32N2O/c1-15(2)12-14(16(3,4)19-15)18(11-10-17)13-8-6-5-7-9-13/h13-14H,5-12,17H2,1-4H3. The predicted molar refractivity (Wildman–Crippen MR) is 80.3 cm³/mol. The number of nitrogens with two attached hydrogens (primary N) is 1. The van der Waals surface area contributed by atoms with Crippen molar-refractivity contribution < 1.29 is 4.74 Å². The third kappa shape index (κ3) is 3.50. The Morgan fingerprint density at radius 3 is 2.21 bits per heavy atom. The molecule has 2 aliphatic rings. The molecule has 0 aromatic rings. The lowest BCUT2D eigenvalue weighted by atomic mass is 9.87. The molecule has 3 heteroatoms. The molecule has 1 saturated heterocycles. The van der Waals surface area contributed by atoms with Crippen LogP contribution in [-0.2, 0) is 4.74 Å². The van der Waals surface area contributed by atoms with E-state index in [1.54, 1.807) is 0 Å². The van der Waals surface area contributed by atoms with Crippen molar-refractivity contribution in [1.29, 1.82) is 0 Å². The van der Waals surface area contributed by atoms with Crippen LogP contribution in [-0.4, -0.2) is 41.3 Å². The molecule has 19 heavy (non-hydrogen) atoms. The summed E-state index contributed by atoms with van der Waals surface area (Å²) < 4.78 is 6.28. The van der Waals surface area contributed by atoms with Gasteiger partial charge in [-0.25, -0.2) is 0 Å². The van der Waals surface area contributed by atoms with Crippen LogP contribution in [0.25, 0.3) is 0 Å². The Labute approximate surface area is 118 Å². The van der Waals surface area contributed by atoms with Crippen molar-refractivity contribution >= 4 is 0 Å². The maximum atomic E-state index is 6.28. The molecule has 1 aliphatic carbocycles. The van der Waals surface area contributed by atoms with Gasteiger partial charge in [-0.15, -0.1) is 0 Å². The second-order valence-corrected chi connectivity index (χ2v) is 7.50. The highest BCUT2D eigenvalue weighted by Crippen LogP contribution is 2.42. The summed E-state index contributed by atoms with van der Waals surface area (Å²) in [6.07, 6.45) is 7.96. The number of nitrogens with zero attached hydrogens (tertiary/aromatic N) is 1. The molecule has 2 rings (SSSR count). The molecule has 2 fully saturated rings. The van der Waals surface area contributed by atoms with Gasteiger partial charge in [0, 0.05) is 25.2 Å². The van der Waals surface area contributed by atoms with E-state index in [-0.39, 0.29) is 11.2 Å². The Morgan fingerprint density at radius 2 is 1.74 bits per heavy atom. The minimum absolute atomic E-state index is 0.00428. The molecule has 112 valence electrons. The number of hydrogen-bond donors (Lipinski definition) is 1. The first-order valence-corrected chi connectivity index (χ1v) is 8.02. The molecule has 1 aliphatic heterocycles. The molecule has 0 bridgehead atoms. The fourth-order valence-corrected chi connectivity index (χ4v) is 4.20. The van der Waals surface area contributed by atoms with E-state index >= 15 is 0 Å². The van der Waals surface area contributed by atoms with Crippen molar-refractivity contribution in [3.63, 3.8) is 0 Å². The van der Waals surface area contributed by atoms with Gasteiger partial charge in [-0.05, 0) is 47.0 Å². The summed E-state index contributed by atoms with van der Waals surface area (Å²) in [4.78, 5) is 2.67. The highest BCUT2D eigenvalue weighted by molar-refractivity contribution is 5.01. The lowest BCUT2D eigenvalue weighted by molar-refractivity contribution is -0.0852. The average Bonchev–Trinajstić information content (AvgIpc) is 2.55. The van der Waals surface area contributed by atoms with Crippen LogP contribution in [0, 0.1) is 0 Å². The Kier molecular flexibility index (Phi) is 4.59. The predicted octanol–water partition coefficient (Wildman–Crippen LogP) is 2.93. The van der Waals surface area contributed by atoms with E-state index in [2.05, 4.69) is 32.6 Å². The maximum absolute atomic E-state index is 6.28. The van der Waals surface area contributed by atoms with Gasteiger partial charge in [0.25, 0.3) is 0 Å². The normalized spacial score (nSPS) is 30.9. The number of hydrogen-bond acceptors (Lipinski definition) is 3. The molecule has 3 nitrogen and oxygen atoms in total. The molecule has 1 saturated carbocycles. The van der Waals surface area contributed by atoms with Crippen molar-refractivity contribution in [2.75, 3.05) is 13.1 Å². The highest BCUT2D eigenvalue weighted by atomic mass is 16.5. The van der Waals surface area contributed by atoms with Crippen LogP contribution < -0.4 is 5.73 Å². The topological polar surface area (TPSA) is 38.5 Å². The van der Waals surface area contributed by atoms with Gasteiger partial charge >= 0.3 is 0 Å². The lowest BCUT2D eigenvalue weighted by Crippen LogP contribution is -2.53. The fourth-order valence-electron chi connectivity index (χ4n) is 4.20. The molecular weight excluding hydrogens is 236 g/mol. The van der Waals surface area contributed by atoms with E-state index in [1.165, 1.54) is 32.1 Å². The van der Waals surface area contributed by atoms with Crippen molar-refractivity contribution in [3.8, 4) is 0 Å². The van der Waals surface area contributed by atoms with Crippen molar-refractivity contribution in [1.82, 2.24) is 4.90 Å². The van der Waals surface area contributed by atoms with Gasteiger partial charge in [0.15, 0.2) is 0 Å². The molecule has 1 atom stereocenters. The second-order valence-electron chi connectivity index (χ2n) is 7.50. The lowest BCUT2D eigenvalue weighted by Gasteiger charge is -2.42. The second kappa shape index (κ2) is 5.71. The zero-order valence-electron chi connectivity index (χ0n) is 13.2. The average molecular weight is 268 g/mol. The summed E-state index contributed by atoms with van der Waals surface area (Å²) in [7, 11) is 0. The summed E-state index contributed by atoms with van der Waals surface area (Å²) in [6.45, 7) is 10.7. The molecule has 1 unspecified atom stereocenters. The van der Waals surface area contributed by atoms with Crippen molar-refractivity contribution in [2.45, 2.75) is 89.5 Å². The van der Waals surface area contributed by atoms with Gasteiger partial charge < -0.3 is 10.5 Å². The third-order valence-corrected chi connectivity index (χ3v) is 4.86. The molecule has 0 aromatic heterocycles. The van der Waals surface area contributed by atoms with Crippen LogP contribution in [0.15, 0.2) is 0 Å². The van der Waals surface area contributed by atoms with Crippen LogP contribution in [0.4, 0.5) is 0 Å². The Morgan fingerprint density at radius 1 is 1.11 bits per heavy atom. The van der Waals surface area contributed by atoms with E-state index in [0.29, 0.717) is 6.04 Å².